The molecule has 0 aliphatic rings. The Hall–Kier alpha value is -2.43. The second-order valence-electron chi connectivity index (χ2n) is 10.1. The molecule has 2 aromatic carbocycles. The lowest BCUT2D eigenvalue weighted by Crippen LogP contribution is -2.67. The highest BCUT2D eigenvalue weighted by Gasteiger charge is 2.51. The lowest BCUT2D eigenvalue weighted by Gasteiger charge is -2.45. The van der Waals surface area contributed by atoms with E-state index < -0.39 is 39.6 Å². The lowest BCUT2D eigenvalue weighted by molar-refractivity contribution is -0.145. The second-order valence-corrected chi connectivity index (χ2v) is 14.3. The zero-order valence-electron chi connectivity index (χ0n) is 27.3. The molecule has 0 radical (unpaired) electrons. The molecular weight excluding hydrogens is 472 g/mol. The molecule has 4 atom stereocenters. The van der Waals surface area contributed by atoms with Gasteiger partial charge in [-0.25, -0.2) is 0 Å². The first kappa shape index (κ1) is 24.9. The monoisotopic (exact) mass is 524 g/mol. The zero-order valence-corrected chi connectivity index (χ0v) is 24.3. The summed E-state index contributed by atoms with van der Waals surface area (Å²) < 4.78 is 46.1. The average Bonchev–Trinajstić information content (AvgIpc) is 2.96. The summed E-state index contributed by atoms with van der Waals surface area (Å²) in [6, 6.07) is 20.2. The molecule has 3 nitrogen and oxygen atoms in total. The van der Waals surface area contributed by atoms with E-state index >= 15 is 0 Å². The van der Waals surface area contributed by atoms with Crippen molar-refractivity contribution >= 4 is 24.7 Å². The van der Waals surface area contributed by atoms with E-state index in [9.17, 15) is 6.17 Å². The Bertz CT molecular complexity index is 1060. The van der Waals surface area contributed by atoms with Crippen molar-refractivity contribution in [2.45, 2.75) is 97.0 Å². The quantitative estimate of drug-likeness (QED) is 0.128. The van der Waals surface area contributed by atoms with Gasteiger partial charge >= 0.3 is 5.97 Å². The third-order valence-electron chi connectivity index (χ3n) is 6.04. The van der Waals surface area contributed by atoms with Crippen LogP contribution in [0.3, 0.4) is 0 Å². The molecule has 0 spiro atoms. The molecule has 0 fully saturated rings. The number of hydrogen-bond acceptors (Lipinski definition) is 3. The topological polar surface area (TPSA) is 35.5 Å². The van der Waals surface area contributed by atoms with Gasteiger partial charge in [0.25, 0.3) is 8.32 Å². The van der Waals surface area contributed by atoms with E-state index in [-0.39, 0.29) is 17.9 Å². The van der Waals surface area contributed by atoms with E-state index in [0.29, 0.717) is 25.9 Å². The molecule has 0 bridgehead atoms. The van der Waals surface area contributed by atoms with Crippen LogP contribution in [0, 0.1) is 0 Å². The Morgan fingerprint density at radius 1 is 0.919 bits per heavy atom. The van der Waals surface area contributed by atoms with Crippen molar-refractivity contribution in [1.82, 2.24) is 0 Å². The largest absolute Gasteiger partial charge is 0.466 e. The number of esters is 1. The first-order valence-electron chi connectivity index (χ1n) is 15.7. The number of carbonyl (C=O) groups excluding carboxylic acids is 1. The normalized spacial score (nSPS) is 18.3. The van der Waals surface area contributed by atoms with E-state index in [1.165, 1.54) is 0 Å². The highest BCUT2D eigenvalue weighted by molar-refractivity contribution is 6.99. The predicted octanol–water partition coefficient (Wildman–Crippen LogP) is 7.75. The highest BCUT2D eigenvalue weighted by atomic mass is 28.4. The van der Waals surface area contributed by atoms with E-state index in [2.05, 4.69) is 45.0 Å². The molecule has 0 aliphatic heterocycles. The summed E-state index contributed by atoms with van der Waals surface area (Å²) in [5, 5.41) is 1.72. The van der Waals surface area contributed by atoms with Crippen LogP contribution in [0.1, 0.15) is 91.4 Å². The van der Waals surface area contributed by atoms with Gasteiger partial charge in [-0.3, -0.25) is 4.79 Å². The number of hydrogen-bond donors (Lipinski definition) is 0. The summed E-state index contributed by atoms with van der Waals surface area (Å²) in [5.41, 5.74) is 0. The van der Waals surface area contributed by atoms with E-state index in [1.807, 2.05) is 68.5 Å². The van der Waals surface area contributed by atoms with Gasteiger partial charge in [-0.2, -0.15) is 0 Å². The van der Waals surface area contributed by atoms with Crippen molar-refractivity contribution in [3.63, 3.8) is 0 Å². The number of rotatable bonds is 16. The van der Waals surface area contributed by atoms with E-state index in [1.54, 1.807) is 6.08 Å². The Labute approximate surface area is 232 Å². The smallest absolute Gasteiger partial charge is 0.308 e. The molecular formula is C33H48O3Si. The Morgan fingerprint density at radius 2 is 1.51 bits per heavy atom. The fourth-order valence-electron chi connectivity index (χ4n) is 4.27. The maximum atomic E-state index is 12.9. The van der Waals surface area contributed by atoms with Gasteiger partial charge in [0, 0.05) is 4.11 Å². The molecule has 0 heterocycles. The summed E-state index contributed by atoms with van der Waals surface area (Å²) >= 11 is 0. The molecule has 0 N–H and O–H groups in total. The summed E-state index contributed by atoms with van der Waals surface area (Å²) in [7, 11) is -3.11. The van der Waals surface area contributed by atoms with Crippen molar-refractivity contribution < 1.29 is 19.4 Å². The molecule has 0 aromatic heterocycles. The van der Waals surface area contributed by atoms with E-state index in [4.69, 9.17) is 13.3 Å². The van der Waals surface area contributed by atoms with Crippen LogP contribution in [0.25, 0.3) is 0 Å². The maximum Gasteiger partial charge on any atom is 0.308 e. The average molecular weight is 525 g/mol. The molecule has 0 amide bonds. The van der Waals surface area contributed by atoms with Crippen molar-refractivity contribution in [3.8, 4) is 0 Å². The van der Waals surface area contributed by atoms with Crippen LogP contribution in [0.5, 0.6) is 0 Å². The number of ether oxygens (including phenoxy) is 1. The van der Waals surface area contributed by atoms with Gasteiger partial charge in [0.15, 0.2) is 0 Å². The van der Waals surface area contributed by atoms with Crippen LogP contribution in [0.15, 0.2) is 85.0 Å². The minimum Gasteiger partial charge on any atom is -0.466 e. The first-order chi connectivity index (χ1) is 19.4. The number of carbonyl (C=O) groups is 1. The van der Waals surface area contributed by atoms with Gasteiger partial charge in [-0.1, -0.05) is 132 Å². The van der Waals surface area contributed by atoms with Crippen LogP contribution in [0.4, 0.5) is 0 Å². The molecule has 3 unspecified atom stereocenters. The molecule has 37 heavy (non-hydrogen) atoms. The Kier molecular flexibility index (Phi) is 11.0. The fraction of sp³-hybridized carbons (Fsp3) is 0.485. The van der Waals surface area contributed by atoms with Gasteiger partial charge in [0.05, 0.1) is 20.5 Å². The van der Waals surface area contributed by atoms with Crippen molar-refractivity contribution in [1.29, 1.82) is 0 Å². The van der Waals surface area contributed by atoms with Crippen molar-refractivity contribution in [3.05, 3.63) is 85.0 Å². The summed E-state index contributed by atoms with van der Waals surface area (Å²) in [4.78, 5) is 12.9. The van der Waals surface area contributed by atoms with Crippen LogP contribution < -0.4 is 10.4 Å². The molecule has 2 rings (SSSR count). The minimum atomic E-state index is -3.11. The zero-order chi connectivity index (χ0) is 30.5. The Balaban J connectivity index is 2.42. The summed E-state index contributed by atoms with van der Waals surface area (Å²) in [6.07, 6.45) is 5.31. The van der Waals surface area contributed by atoms with E-state index in [0.717, 1.165) is 10.4 Å². The number of allylic oxidation sites excluding steroid dienone is 3. The van der Waals surface area contributed by atoms with Gasteiger partial charge in [-0.15, -0.1) is 0 Å². The molecule has 0 saturated carbocycles. The highest BCUT2D eigenvalue weighted by Crippen LogP contribution is 2.38. The maximum absolute atomic E-state index is 12.9. The molecule has 0 aliphatic carbocycles. The summed E-state index contributed by atoms with van der Waals surface area (Å²) in [5.74, 6) is -0.451. The predicted molar refractivity (Wildman–Crippen MR) is 160 cm³/mol. The second kappa shape index (κ2) is 16.4. The van der Waals surface area contributed by atoms with Crippen molar-refractivity contribution in [2.75, 3.05) is 6.61 Å². The summed E-state index contributed by atoms with van der Waals surface area (Å²) in [6.45, 7) is 10.5. The minimum absolute atomic E-state index is 0.183. The van der Waals surface area contributed by atoms with Crippen LogP contribution in [0.2, 0.25) is 5.04 Å². The third-order valence-corrected chi connectivity index (χ3v) is 11.0. The molecule has 2 aromatic rings. The fourth-order valence-corrected chi connectivity index (χ4v) is 8.79. The van der Waals surface area contributed by atoms with Gasteiger partial charge < -0.3 is 9.16 Å². The van der Waals surface area contributed by atoms with Crippen LogP contribution in [-0.2, 0) is 14.0 Å². The molecule has 4 heteroatoms. The van der Waals surface area contributed by atoms with Gasteiger partial charge in [-0.05, 0) is 47.5 Å². The van der Waals surface area contributed by atoms with Gasteiger partial charge in [0.2, 0.25) is 0 Å². The first-order valence-corrected chi connectivity index (χ1v) is 15.4. The van der Waals surface area contributed by atoms with Crippen molar-refractivity contribution in [2.24, 2.45) is 0 Å². The SMILES string of the molecule is [2H]C(/C=C\C/C=C\C[C@@]([2H])(CC(=O)OCCC)O[Si](c1ccccc1)(c1ccccc1)C(C)(C)C)C([2H])C([2H])CC. The lowest BCUT2D eigenvalue weighted by atomic mass is 10.1. The molecule has 202 valence electrons. The number of benzene rings is 2. The van der Waals surface area contributed by atoms with Crippen LogP contribution >= 0.6 is 0 Å². The van der Waals surface area contributed by atoms with Gasteiger partial charge in [0.1, 0.15) is 0 Å². The standard InChI is InChI=1S/C33H48O3Si/c1-6-8-9-10-11-12-13-14-17-22-29(28-32(34)35-27-7-2)36-37(33(3,4)5,30-23-18-15-19-24-30)31-25-20-16-21-26-31/h11-12,14-21,23-26,29H,6-10,13,22,27-28H2,1-5H3/b12-11-,17-14-/t29-/m0/s1/i8D,9D,10D,29D/t8?,9?,10?,29-. The Morgan fingerprint density at radius 3 is 2.05 bits per heavy atom. The third kappa shape index (κ3) is 9.75. The van der Waals surface area contributed by atoms with Crippen LogP contribution in [-0.4, -0.2) is 27.0 Å². The molecule has 0 saturated heterocycles.